The minimum absolute atomic E-state index is 0. The molecule has 0 aromatic heterocycles. The Balaban J connectivity index is 0.00000341. The maximum absolute atomic E-state index is 5.93. The number of guanidine groups is 1. The van der Waals surface area contributed by atoms with Gasteiger partial charge in [0.2, 0.25) is 0 Å². The highest BCUT2D eigenvalue weighted by atomic mass is 127. The van der Waals surface area contributed by atoms with Crippen LogP contribution in [0.15, 0.2) is 23.2 Å². The van der Waals surface area contributed by atoms with Crippen molar-refractivity contribution in [1.29, 1.82) is 0 Å². The van der Waals surface area contributed by atoms with Gasteiger partial charge in [-0.1, -0.05) is 12.8 Å². The van der Waals surface area contributed by atoms with E-state index in [1.165, 1.54) is 31.2 Å². The van der Waals surface area contributed by atoms with E-state index < -0.39 is 0 Å². The summed E-state index contributed by atoms with van der Waals surface area (Å²) in [5, 5.41) is 6.99. The molecule has 1 heterocycles. The largest absolute Gasteiger partial charge is 0.497 e. The predicted octanol–water partition coefficient (Wildman–Crippen LogP) is 3.41. The van der Waals surface area contributed by atoms with E-state index in [1.54, 1.807) is 14.2 Å². The van der Waals surface area contributed by atoms with Gasteiger partial charge in [-0.05, 0) is 43.4 Å². The highest BCUT2D eigenvalue weighted by Crippen LogP contribution is 2.24. The molecule has 0 amide bonds. The Hall–Kier alpha value is -1.26. The maximum atomic E-state index is 5.93. The molecule has 1 aliphatic carbocycles. The third-order valence-corrected chi connectivity index (χ3v) is 5.92. The van der Waals surface area contributed by atoms with Crippen LogP contribution in [0, 0.1) is 0 Å². The molecule has 1 aromatic rings. The minimum Gasteiger partial charge on any atom is -0.497 e. The number of nitrogens with one attached hydrogen (secondary N) is 2. The Kier molecular flexibility index (Phi) is 11.7. The fourth-order valence-corrected chi connectivity index (χ4v) is 4.28. The van der Waals surface area contributed by atoms with Gasteiger partial charge in [-0.3, -0.25) is 9.89 Å². The molecule has 3 rings (SSSR count). The second-order valence-corrected chi connectivity index (χ2v) is 8.22. The SMILES string of the molecule is CN=C(NCCCOC1CCCC1)NC1CCN(Cc2cc(OC)cc(OC)c2)C1.I. The maximum Gasteiger partial charge on any atom is 0.191 e. The van der Waals surface area contributed by atoms with E-state index in [9.17, 15) is 0 Å². The third kappa shape index (κ3) is 8.65. The van der Waals surface area contributed by atoms with Crippen molar-refractivity contribution < 1.29 is 14.2 Å². The van der Waals surface area contributed by atoms with Crippen molar-refractivity contribution in [2.45, 2.75) is 57.2 Å². The number of likely N-dealkylation sites (tertiary alicyclic amines) is 1. The van der Waals surface area contributed by atoms with E-state index in [0.29, 0.717) is 12.1 Å². The van der Waals surface area contributed by atoms with E-state index in [2.05, 4.69) is 32.7 Å². The fourth-order valence-electron chi connectivity index (χ4n) is 4.28. The van der Waals surface area contributed by atoms with Crippen LogP contribution in [-0.2, 0) is 11.3 Å². The van der Waals surface area contributed by atoms with Crippen molar-refractivity contribution in [2.24, 2.45) is 4.99 Å². The normalized spacial score (nSPS) is 19.8. The zero-order valence-corrected chi connectivity index (χ0v) is 21.5. The standard InChI is InChI=1S/C23H38N4O3.HI/c1-24-23(25-10-6-12-30-20-7-4-5-8-20)26-19-9-11-27(17-19)16-18-13-21(28-2)15-22(14-18)29-3;/h13-15,19-20H,4-12,16-17H2,1-3H3,(H2,24,25,26);1H. The Bertz CT molecular complexity index is 661. The number of methoxy groups -OCH3 is 2. The molecule has 1 aromatic carbocycles. The van der Waals surface area contributed by atoms with Gasteiger partial charge in [-0.25, -0.2) is 0 Å². The van der Waals surface area contributed by atoms with Crippen LogP contribution >= 0.6 is 24.0 Å². The van der Waals surface area contributed by atoms with Crippen molar-refractivity contribution in [3.05, 3.63) is 23.8 Å². The van der Waals surface area contributed by atoms with Gasteiger partial charge >= 0.3 is 0 Å². The summed E-state index contributed by atoms with van der Waals surface area (Å²) in [6, 6.07) is 6.47. The Labute approximate surface area is 204 Å². The number of hydrogen-bond donors (Lipinski definition) is 2. The number of rotatable bonds is 10. The summed E-state index contributed by atoms with van der Waals surface area (Å²) in [5.41, 5.74) is 1.21. The quantitative estimate of drug-likeness (QED) is 0.203. The van der Waals surface area contributed by atoms with Crippen LogP contribution < -0.4 is 20.1 Å². The molecule has 31 heavy (non-hydrogen) atoms. The van der Waals surface area contributed by atoms with E-state index in [1.807, 2.05) is 13.1 Å². The third-order valence-electron chi connectivity index (χ3n) is 5.92. The van der Waals surface area contributed by atoms with Crippen molar-refractivity contribution in [3.8, 4) is 11.5 Å². The fraction of sp³-hybridized carbons (Fsp3) is 0.696. The molecule has 0 bridgehead atoms. The lowest BCUT2D eigenvalue weighted by atomic mass is 10.2. The Morgan fingerprint density at radius 1 is 1.10 bits per heavy atom. The number of hydrogen-bond acceptors (Lipinski definition) is 5. The molecular weight excluding hydrogens is 507 g/mol. The van der Waals surface area contributed by atoms with Crippen LogP contribution in [0.5, 0.6) is 11.5 Å². The van der Waals surface area contributed by atoms with Gasteiger partial charge in [0, 0.05) is 51.9 Å². The van der Waals surface area contributed by atoms with Crippen molar-refractivity contribution >= 4 is 29.9 Å². The average molecular weight is 546 g/mol. The zero-order chi connectivity index (χ0) is 21.2. The van der Waals surface area contributed by atoms with E-state index >= 15 is 0 Å². The van der Waals surface area contributed by atoms with Crippen LogP contribution in [0.1, 0.15) is 44.1 Å². The van der Waals surface area contributed by atoms with Crippen LogP contribution in [0.2, 0.25) is 0 Å². The van der Waals surface area contributed by atoms with Crippen LogP contribution in [0.3, 0.4) is 0 Å². The second-order valence-electron chi connectivity index (χ2n) is 8.22. The monoisotopic (exact) mass is 546 g/mol. The van der Waals surface area contributed by atoms with Gasteiger partial charge in [-0.2, -0.15) is 0 Å². The summed E-state index contributed by atoms with van der Waals surface area (Å²) in [4.78, 5) is 6.84. The lowest BCUT2D eigenvalue weighted by Gasteiger charge is -2.19. The van der Waals surface area contributed by atoms with Crippen molar-refractivity contribution in [3.63, 3.8) is 0 Å². The van der Waals surface area contributed by atoms with Crippen LogP contribution in [0.4, 0.5) is 0 Å². The first kappa shape index (κ1) is 26.0. The first-order chi connectivity index (χ1) is 14.7. The molecule has 8 heteroatoms. The van der Waals surface area contributed by atoms with Gasteiger partial charge < -0.3 is 24.8 Å². The lowest BCUT2D eigenvalue weighted by Crippen LogP contribution is -2.45. The number of benzene rings is 1. The molecule has 2 aliphatic rings. The first-order valence-corrected chi connectivity index (χ1v) is 11.2. The van der Waals surface area contributed by atoms with Gasteiger partial charge in [0.15, 0.2) is 5.96 Å². The van der Waals surface area contributed by atoms with Gasteiger partial charge in [-0.15, -0.1) is 24.0 Å². The molecule has 2 fully saturated rings. The summed E-state index contributed by atoms with van der Waals surface area (Å²) in [7, 11) is 5.21. The highest BCUT2D eigenvalue weighted by molar-refractivity contribution is 14.0. The van der Waals surface area contributed by atoms with Crippen molar-refractivity contribution in [1.82, 2.24) is 15.5 Å². The van der Waals surface area contributed by atoms with Crippen LogP contribution in [0.25, 0.3) is 0 Å². The van der Waals surface area contributed by atoms with Crippen LogP contribution in [-0.4, -0.2) is 70.5 Å². The Morgan fingerprint density at radius 2 is 1.81 bits per heavy atom. The van der Waals surface area contributed by atoms with E-state index in [0.717, 1.165) is 63.1 Å². The first-order valence-electron chi connectivity index (χ1n) is 11.2. The Morgan fingerprint density at radius 3 is 2.45 bits per heavy atom. The number of halogens is 1. The van der Waals surface area contributed by atoms with E-state index in [4.69, 9.17) is 14.2 Å². The molecule has 2 N–H and O–H groups in total. The number of ether oxygens (including phenoxy) is 3. The molecule has 0 radical (unpaired) electrons. The van der Waals surface area contributed by atoms with Gasteiger partial charge in [0.1, 0.15) is 11.5 Å². The van der Waals surface area contributed by atoms with Crippen molar-refractivity contribution in [2.75, 3.05) is 47.5 Å². The van der Waals surface area contributed by atoms with Gasteiger partial charge in [0.05, 0.1) is 20.3 Å². The van der Waals surface area contributed by atoms with E-state index in [-0.39, 0.29) is 24.0 Å². The van der Waals surface area contributed by atoms with Gasteiger partial charge in [0.25, 0.3) is 0 Å². The smallest absolute Gasteiger partial charge is 0.191 e. The molecule has 7 nitrogen and oxygen atoms in total. The predicted molar refractivity (Wildman–Crippen MR) is 136 cm³/mol. The summed E-state index contributed by atoms with van der Waals surface area (Å²) >= 11 is 0. The highest BCUT2D eigenvalue weighted by Gasteiger charge is 2.23. The molecule has 1 aliphatic heterocycles. The minimum atomic E-state index is 0. The summed E-state index contributed by atoms with van der Waals surface area (Å²) in [6.07, 6.45) is 7.72. The molecule has 0 spiro atoms. The summed E-state index contributed by atoms with van der Waals surface area (Å²) < 4.78 is 16.7. The zero-order valence-electron chi connectivity index (χ0n) is 19.2. The second kappa shape index (κ2) is 14.0. The number of nitrogens with zero attached hydrogens (tertiary/aromatic N) is 2. The molecule has 1 unspecified atom stereocenters. The molecule has 1 atom stereocenters. The molecular formula is C23H39IN4O3. The molecule has 1 saturated heterocycles. The lowest BCUT2D eigenvalue weighted by molar-refractivity contribution is 0.0574. The molecule has 1 saturated carbocycles. The number of aliphatic imine (C=N–C) groups is 1. The summed E-state index contributed by atoms with van der Waals surface area (Å²) in [6.45, 7) is 4.65. The molecule has 176 valence electrons. The topological polar surface area (TPSA) is 67.4 Å². The average Bonchev–Trinajstić information content (AvgIpc) is 3.44. The summed E-state index contributed by atoms with van der Waals surface area (Å²) in [5.74, 6) is 2.55.